The van der Waals surface area contributed by atoms with Gasteiger partial charge in [-0.3, -0.25) is 4.79 Å². The van der Waals surface area contributed by atoms with Crippen molar-refractivity contribution in [1.82, 2.24) is 5.43 Å². The summed E-state index contributed by atoms with van der Waals surface area (Å²) in [6.07, 6.45) is 4.60. The van der Waals surface area contributed by atoms with Crippen molar-refractivity contribution < 1.29 is 9.90 Å². The lowest BCUT2D eigenvalue weighted by atomic mass is 9.85. The smallest absolute Gasteiger partial charge is 0.281 e. The minimum absolute atomic E-state index is 0.506. The number of rotatable bonds is 4. The molecule has 25 heavy (non-hydrogen) atoms. The molecule has 2 N–H and O–H groups in total. The van der Waals surface area contributed by atoms with E-state index in [2.05, 4.69) is 10.5 Å². The summed E-state index contributed by atoms with van der Waals surface area (Å²) >= 11 is 0. The third kappa shape index (κ3) is 2.87. The number of carbonyl (C=O) groups is 1. The summed E-state index contributed by atoms with van der Waals surface area (Å²) in [5.41, 5.74) is 3.03. The molecule has 0 aliphatic heterocycles. The van der Waals surface area contributed by atoms with Gasteiger partial charge in [-0.25, -0.2) is 5.43 Å². The second kappa shape index (κ2) is 6.45. The number of nitrogens with one attached hydrogen (secondary N) is 1. The summed E-state index contributed by atoms with van der Waals surface area (Å²) in [4.78, 5) is 13.0. The zero-order valence-corrected chi connectivity index (χ0v) is 14.1. The van der Waals surface area contributed by atoms with E-state index in [1.54, 1.807) is 24.3 Å². The van der Waals surface area contributed by atoms with Crippen LogP contribution in [0.15, 0.2) is 65.8 Å². The summed E-state index contributed by atoms with van der Waals surface area (Å²) < 4.78 is 0. The van der Waals surface area contributed by atoms with Crippen molar-refractivity contribution in [2.75, 3.05) is 0 Å². The van der Waals surface area contributed by atoms with Gasteiger partial charge < -0.3 is 5.11 Å². The van der Waals surface area contributed by atoms with E-state index in [0.717, 1.165) is 18.1 Å². The number of carbonyl (C=O) groups excluding carboxylic acids is 1. The minimum Gasteiger partial charge on any atom is -0.372 e. The third-order valence-corrected chi connectivity index (χ3v) is 5.52. The van der Waals surface area contributed by atoms with Gasteiger partial charge in [-0.2, -0.15) is 5.10 Å². The predicted molar refractivity (Wildman–Crippen MR) is 96.9 cm³/mol. The number of hydrazone groups is 1. The van der Waals surface area contributed by atoms with Crippen LogP contribution in [0.25, 0.3) is 0 Å². The largest absolute Gasteiger partial charge is 0.372 e. The van der Waals surface area contributed by atoms with Gasteiger partial charge in [0.15, 0.2) is 5.60 Å². The van der Waals surface area contributed by atoms with E-state index < -0.39 is 11.5 Å². The molecule has 0 heterocycles. The molecule has 0 aromatic heterocycles. The fourth-order valence-electron chi connectivity index (χ4n) is 4.15. The van der Waals surface area contributed by atoms with Crippen molar-refractivity contribution in [2.45, 2.75) is 31.3 Å². The van der Waals surface area contributed by atoms with Gasteiger partial charge in [-0.1, -0.05) is 60.7 Å². The second-order valence-corrected chi connectivity index (χ2v) is 7.07. The van der Waals surface area contributed by atoms with Gasteiger partial charge in [0, 0.05) is 5.71 Å². The average molecular weight is 334 g/mol. The lowest BCUT2D eigenvalue weighted by Gasteiger charge is -2.27. The Bertz CT molecular complexity index is 747. The molecule has 0 radical (unpaired) electrons. The maximum Gasteiger partial charge on any atom is 0.281 e. The Kier molecular flexibility index (Phi) is 4.14. The van der Waals surface area contributed by atoms with Gasteiger partial charge in [-0.05, 0) is 48.6 Å². The molecule has 2 fully saturated rings. The highest BCUT2D eigenvalue weighted by atomic mass is 16.3. The molecule has 2 unspecified atom stereocenters. The Morgan fingerprint density at radius 2 is 1.60 bits per heavy atom. The van der Waals surface area contributed by atoms with Crippen LogP contribution in [0.2, 0.25) is 0 Å². The van der Waals surface area contributed by atoms with E-state index in [0.29, 0.717) is 17.0 Å². The summed E-state index contributed by atoms with van der Waals surface area (Å²) in [6.45, 7) is 0. The van der Waals surface area contributed by atoms with Crippen molar-refractivity contribution >= 4 is 11.6 Å². The zero-order chi connectivity index (χ0) is 17.3. The second-order valence-electron chi connectivity index (χ2n) is 7.07. The molecule has 1 amide bonds. The fraction of sp³-hybridized carbons (Fsp3) is 0.333. The van der Waals surface area contributed by atoms with Crippen molar-refractivity contribution in [1.29, 1.82) is 0 Å². The van der Waals surface area contributed by atoms with Crippen LogP contribution < -0.4 is 5.43 Å². The van der Waals surface area contributed by atoms with Crippen LogP contribution in [0.4, 0.5) is 0 Å². The first-order chi connectivity index (χ1) is 12.2. The lowest BCUT2D eigenvalue weighted by molar-refractivity contribution is -0.136. The highest BCUT2D eigenvalue weighted by Crippen LogP contribution is 2.42. The molecular weight excluding hydrogens is 312 g/mol. The Balaban J connectivity index is 1.64. The zero-order valence-electron chi connectivity index (χ0n) is 14.1. The van der Waals surface area contributed by atoms with Crippen LogP contribution in [-0.2, 0) is 10.4 Å². The molecule has 2 aromatic carbocycles. The van der Waals surface area contributed by atoms with E-state index in [4.69, 9.17) is 0 Å². The number of aliphatic hydroxyl groups is 1. The molecule has 2 aliphatic rings. The molecular formula is C21H22N2O2. The lowest BCUT2D eigenvalue weighted by Crippen LogP contribution is -2.44. The average Bonchev–Trinajstić information content (AvgIpc) is 3.30. The molecule has 4 nitrogen and oxygen atoms in total. The third-order valence-electron chi connectivity index (χ3n) is 5.52. The topological polar surface area (TPSA) is 61.7 Å². The standard InChI is InChI=1S/C21H22N2O2/c24-20(23-22-19-14-15-11-12-16(19)13-15)21(25,17-7-3-1-4-8-17)18-9-5-2-6-10-18/h1-10,15-16,25H,11-14H2,(H,23,24)/b22-19-. The molecule has 0 saturated heterocycles. The van der Waals surface area contributed by atoms with Crippen molar-refractivity contribution in [3.8, 4) is 0 Å². The molecule has 128 valence electrons. The van der Waals surface area contributed by atoms with E-state index in [9.17, 15) is 9.90 Å². The maximum atomic E-state index is 13.0. The van der Waals surface area contributed by atoms with Crippen molar-refractivity contribution in [3.63, 3.8) is 0 Å². The summed E-state index contributed by atoms with van der Waals surface area (Å²) in [5.74, 6) is 0.717. The monoisotopic (exact) mass is 334 g/mol. The number of amides is 1. The number of benzene rings is 2. The van der Waals surface area contributed by atoms with Crippen molar-refractivity contribution in [3.05, 3.63) is 71.8 Å². The van der Waals surface area contributed by atoms with Crippen LogP contribution in [0.1, 0.15) is 36.8 Å². The Morgan fingerprint density at radius 1 is 1.00 bits per heavy atom. The number of hydrogen-bond donors (Lipinski definition) is 2. The van der Waals surface area contributed by atoms with Crippen LogP contribution >= 0.6 is 0 Å². The van der Waals surface area contributed by atoms with Gasteiger partial charge in [0.2, 0.25) is 0 Å². The molecule has 2 bridgehead atoms. The predicted octanol–water partition coefficient (Wildman–Crippen LogP) is 3.21. The molecule has 2 atom stereocenters. The summed E-state index contributed by atoms with van der Waals surface area (Å²) in [5, 5.41) is 15.7. The first kappa shape index (κ1) is 16.0. The molecule has 4 heteroatoms. The summed E-state index contributed by atoms with van der Waals surface area (Å²) in [6, 6.07) is 18.0. The molecule has 2 saturated carbocycles. The van der Waals surface area contributed by atoms with Crippen molar-refractivity contribution in [2.24, 2.45) is 16.9 Å². The first-order valence-electron chi connectivity index (χ1n) is 8.88. The summed E-state index contributed by atoms with van der Waals surface area (Å²) in [7, 11) is 0. The van der Waals surface area contributed by atoms with Crippen LogP contribution in [0.5, 0.6) is 0 Å². The van der Waals surface area contributed by atoms with Crippen LogP contribution in [0.3, 0.4) is 0 Å². The van der Waals surface area contributed by atoms with Gasteiger partial charge in [0.05, 0.1) is 0 Å². The quantitative estimate of drug-likeness (QED) is 0.844. The SMILES string of the molecule is O=C(N/N=C1/CC2CCC1C2)C(O)(c1ccccc1)c1ccccc1. The number of hydrogen-bond acceptors (Lipinski definition) is 3. The molecule has 4 rings (SSSR count). The van der Waals surface area contributed by atoms with Crippen LogP contribution in [-0.4, -0.2) is 16.7 Å². The van der Waals surface area contributed by atoms with E-state index in [-0.39, 0.29) is 0 Å². The molecule has 0 spiro atoms. The van der Waals surface area contributed by atoms with Gasteiger partial charge in [-0.15, -0.1) is 0 Å². The highest BCUT2D eigenvalue weighted by Gasteiger charge is 2.41. The first-order valence-corrected chi connectivity index (χ1v) is 8.88. The molecule has 2 aromatic rings. The Morgan fingerprint density at radius 3 is 2.08 bits per heavy atom. The van der Waals surface area contributed by atoms with Gasteiger partial charge in [0.25, 0.3) is 5.91 Å². The van der Waals surface area contributed by atoms with E-state index in [1.807, 2.05) is 36.4 Å². The molecule has 2 aliphatic carbocycles. The Labute approximate surface area is 147 Å². The normalized spacial score (nSPS) is 23.8. The van der Waals surface area contributed by atoms with Crippen LogP contribution in [0, 0.1) is 11.8 Å². The minimum atomic E-state index is -1.76. The maximum absolute atomic E-state index is 13.0. The van der Waals surface area contributed by atoms with E-state index >= 15 is 0 Å². The highest BCUT2D eigenvalue weighted by molar-refractivity contribution is 5.94. The van der Waals surface area contributed by atoms with Gasteiger partial charge >= 0.3 is 0 Å². The van der Waals surface area contributed by atoms with Gasteiger partial charge in [0.1, 0.15) is 0 Å². The Hall–Kier alpha value is -2.46. The van der Waals surface area contributed by atoms with E-state index in [1.165, 1.54) is 19.3 Å². The number of nitrogens with zero attached hydrogens (tertiary/aromatic N) is 1. The number of fused-ring (bicyclic) bond motifs is 2. The fourth-order valence-corrected chi connectivity index (χ4v) is 4.15.